The third kappa shape index (κ3) is 2.36. The van der Waals surface area contributed by atoms with Crippen molar-refractivity contribution in [3.05, 3.63) is 47.9 Å². The van der Waals surface area contributed by atoms with Crippen molar-refractivity contribution in [2.75, 3.05) is 0 Å². The smallest absolute Gasteiger partial charge is 0.246 e. The van der Waals surface area contributed by atoms with E-state index in [9.17, 15) is 4.79 Å². The fourth-order valence-electron chi connectivity index (χ4n) is 2.81. The van der Waals surface area contributed by atoms with Gasteiger partial charge in [0.1, 0.15) is 5.82 Å². The van der Waals surface area contributed by atoms with Gasteiger partial charge in [-0.05, 0) is 45.9 Å². The standard InChI is InChI=1S/C17H22N4O/c1-5-8-15(22)20-11-13-14(12-20)18-21(17(2,3)4)16(13)19-9-6-7-10-19/h5-10H,11-12H2,1-4H3. The number of hydrogen-bond donors (Lipinski definition) is 0. The van der Waals surface area contributed by atoms with E-state index in [1.807, 2.05) is 36.4 Å². The van der Waals surface area contributed by atoms with Crippen LogP contribution < -0.4 is 0 Å². The van der Waals surface area contributed by atoms with Crippen molar-refractivity contribution in [3.63, 3.8) is 0 Å². The van der Waals surface area contributed by atoms with Crippen LogP contribution in [0.3, 0.4) is 0 Å². The number of amides is 1. The maximum absolute atomic E-state index is 12.1. The van der Waals surface area contributed by atoms with Crippen molar-refractivity contribution in [1.82, 2.24) is 19.2 Å². The van der Waals surface area contributed by atoms with E-state index in [0.717, 1.165) is 17.1 Å². The van der Waals surface area contributed by atoms with Crippen molar-refractivity contribution in [2.24, 2.45) is 0 Å². The lowest BCUT2D eigenvalue weighted by molar-refractivity contribution is -0.126. The number of rotatable bonds is 2. The first-order chi connectivity index (χ1) is 10.4. The molecule has 0 unspecified atom stereocenters. The van der Waals surface area contributed by atoms with Crippen LogP contribution in [-0.4, -0.2) is 25.2 Å². The Morgan fingerprint density at radius 2 is 1.91 bits per heavy atom. The molecule has 1 aliphatic heterocycles. The summed E-state index contributed by atoms with van der Waals surface area (Å²) in [6.07, 6.45) is 7.44. The average Bonchev–Trinajstić information content (AvgIpc) is 3.12. The predicted octanol–water partition coefficient (Wildman–Crippen LogP) is 2.85. The van der Waals surface area contributed by atoms with Crippen LogP contribution in [0.15, 0.2) is 36.7 Å². The van der Waals surface area contributed by atoms with Crippen LogP contribution in [0.5, 0.6) is 0 Å². The zero-order valence-corrected chi connectivity index (χ0v) is 13.6. The second kappa shape index (κ2) is 5.16. The summed E-state index contributed by atoms with van der Waals surface area (Å²) < 4.78 is 4.15. The summed E-state index contributed by atoms with van der Waals surface area (Å²) in [4.78, 5) is 13.9. The van der Waals surface area contributed by atoms with Gasteiger partial charge in [-0.25, -0.2) is 4.68 Å². The first-order valence-electron chi connectivity index (χ1n) is 7.58. The van der Waals surface area contributed by atoms with Crippen molar-refractivity contribution in [2.45, 2.75) is 46.3 Å². The third-order valence-electron chi connectivity index (χ3n) is 3.83. The minimum Gasteiger partial charge on any atom is -0.329 e. The maximum atomic E-state index is 12.1. The molecular formula is C17H22N4O. The van der Waals surface area contributed by atoms with E-state index in [1.54, 1.807) is 12.2 Å². The van der Waals surface area contributed by atoms with Crippen LogP contribution in [0.2, 0.25) is 0 Å². The molecule has 0 aliphatic carbocycles. The molecule has 116 valence electrons. The number of nitrogens with zero attached hydrogens (tertiary/aromatic N) is 4. The molecule has 5 heteroatoms. The summed E-state index contributed by atoms with van der Waals surface area (Å²) in [7, 11) is 0. The zero-order chi connectivity index (χ0) is 15.9. The lowest BCUT2D eigenvalue weighted by Gasteiger charge is -2.24. The van der Waals surface area contributed by atoms with E-state index in [0.29, 0.717) is 13.1 Å². The molecule has 0 saturated heterocycles. The Labute approximate surface area is 130 Å². The Kier molecular flexibility index (Phi) is 3.43. The summed E-state index contributed by atoms with van der Waals surface area (Å²) in [6.45, 7) is 9.48. The molecule has 0 N–H and O–H groups in total. The molecule has 2 aromatic heterocycles. The topological polar surface area (TPSA) is 43.1 Å². The summed E-state index contributed by atoms with van der Waals surface area (Å²) in [5, 5.41) is 4.79. The molecule has 1 amide bonds. The van der Waals surface area contributed by atoms with Crippen LogP contribution in [-0.2, 0) is 23.4 Å². The highest BCUT2D eigenvalue weighted by Gasteiger charge is 2.32. The summed E-state index contributed by atoms with van der Waals surface area (Å²) >= 11 is 0. The molecule has 0 atom stereocenters. The molecule has 0 radical (unpaired) electrons. The zero-order valence-electron chi connectivity index (χ0n) is 13.6. The lowest BCUT2D eigenvalue weighted by atomic mass is 10.1. The van der Waals surface area contributed by atoms with E-state index in [1.165, 1.54) is 0 Å². The molecule has 3 rings (SSSR count). The second-order valence-corrected chi connectivity index (χ2v) is 6.62. The number of fused-ring (bicyclic) bond motifs is 1. The first kappa shape index (κ1) is 14.6. The molecule has 0 spiro atoms. The molecule has 5 nitrogen and oxygen atoms in total. The largest absolute Gasteiger partial charge is 0.329 e. The highest BCUT2D eigenvalue weighted by molar-refractivity contribution is 5.88. The van der Waals surface area contributed by atoms with E-state index in [4.69, 9.17) is 5.10 Å². The first-order valence-corrected chi connectivity index (χ1v) is 7.58. The molecule has 0 bridgehead atoms. The number of carbonyl (C=O) groups excluding carboxylic acids is 1. The van der Waals surface area contributed by atoms with Gasteiger partial charge in [-0.2, -0.15) is 5.10 Å². The Hall–Kier alpha value is -2.30. The van der Waals surface area contributed by atoms with Crippen LogP contribution in [0.25, 0.3) is 5.82 Å². The van der Waals surface area contributed by atoms with E-state index >= 15 is 0 Å². The normalized spacial score (nSPS) is 14.8. The van der Waals surface area contributed by atoms with Gasteiger partial charge in [-0.1, -0.05) is 6.08 Å². The minimum absolute atomic E-state index is 0.0428. The summed E-state index contributed by atoms with van der Waals surface area (Å²) in [6, 6.07) is 4.01. The SMILES string of the molecule is CC=CC(=O)N1Cc2nn(C(C)(C)C)c(-n3cccc3)c2C1. The average molecular weight is 298 g/mol. The van der Waals surface area contributed by atoms with Crippen molar-refractivity contribution in [1.29, 1.82) is 0 Å². The molecule has 2 aromatic rings. The third-order valence-corrected chi connectivity index (χ3v) is 3.83. The van der Waals surface area contributed by atoms with Crippen molar-refractivity contribution < 1.29 is 4.79 Å². The quantitative estimate of drug-likeness (QED) is 0.800. The van der Waals surface area contributed by atoms with E-state index in [-0.39, 0.29) is 11.4 Å². The Bertz CT molecular complexity index is 717. The van der Waals surface area contributed by atoms with Gasteiger partial charge in [-0.3, -0.25) is 4.79 Å². The Morgan fingerprint density at radius 1 is 1.23 bits per heavy atom. The van der Waals surface area contributed by atoms with Gasteiger partial charge in [0.15, 0.2) is 0 Å². The van der Waals surface area contributed by atoms with Gasteiger partial charge >= 0.3 is 0 Å². The maximum Gasteiger partial charge on any atom is 0.246 e. The number of allylic oxidation sites excluding steroid dienone is 1. The van der Waals surface area contributed by atoms with Gasteiger partial charge in [-0.15, -0.1) is 0 Å². The second-order valence-electron chi connectivity index (χ2n) is 6.62. The predicted molar refractivity (Wildman–Crippen MR) is 85.6 cm³/mol. The van der Waals surface area contributed by atoms with Gasteiger partial charge in [0.2, 0.25) is 5.91 Å². The minimum atomic E-state index is -0.109. The number of carbonyl (C=O) groups is 1. The molecular weight excluding hydrogens is 276 g/mol. The highest BCUT2D eigenvalue weighted by Crippen LogP contribution is 2.31. The van der Waals surface area contributed by atoms with Crippen LogP contribution in [0.1, 0.15) is 39.0 Å². The van der Waals surface area contributed by atoms with Crippen LogP contribution in [0.4, 0.5) is 0 Å². The monoisotopic (exact) mass is 298 g/mol. The molecule has 0 fully saturated rings. The molecule has 3 heterocycles. The fourth-order valence-corrected chi connectivity index (χ4v) is 2.81. The molecule has 0 aromatic carbocycles. The van der Waals surface area contributed by atoms with Crippen LogP contribution in [0, 0.1) is 0 Å². The van der Waals surface area contributed by atoms with E-state index < -0.39 is 0 Å². The van der Waals surface area contributed by atoms with Crippen LogP contribution >= 0.6 is 0 Å². The van der Waals surface area contributed by atoms with Crippen molar-refractivity contribution in [3.8, 4) is 5.82 Å². The summed E-state index contributed by atoms with van der Waals surface area (Å²) in [5.74, 6) is 1.10. The molecule has 1 aliphatic rings. The Morgan fingerprint density at radius 3 is 2.50 bits per heavy atom. The number of hydrogen-bond acceptors (Lipinski definition) is 2. The Balaban J connectivity index is 2.05. The van der Waals surface area contributed by atoms with Gasteiger partial charge in [0.05, 0.1) is 24.3 Å². The number of aromatic nitrogens is 3. The highest BCUT2D eigenvalue weighted by atomic mass is 16.2. The fraction of sp³-hybridized carbons (Fsp3) is 0.412. The van der Waals surface area contributed by atoms with Gasteiger partial charge < -0.3 is 9.47 Å². The molecule has 0 saturated carbocycles. The molecule has 22 heavy (non-hydrogen) atoms. The van der Waals surface area contributed by atoms with Gasteiger partial charge in [0.25, 0.3) is 0 Å². The summed E-state index contributed by atoms with van der Waals surface area (Å²) in [5.41, 5.74) is 2.03. The van der Waals surface area contributed by atoms with Crippen molar-refractivity contribution >= 4 is 5.91 Å². The van der Waals surface area contributed by atoms with Gasteiger partial charge in [0, 0.05) is 18.0 Å². The lowest BCUT2D eigenvalue weighted by Crippen LogP contribution is -2.29. The van der Waals surface area contributed by atoms with E-state index in [2.05, 4.69) is 30.0 Å².